The van der Waals surface area contributed by atoms with Gasteiger partial charge in [-0.15, -0.1) is 0 Å². The molecule has 0 aromatic heterocycles. The number of esters is 1. The minimum atomic E-state index is -0.691. The van der Waals surface area contributed by atoms with E-state index in [2.05, 4.69) is 10.5 Å². The van der Waals surface area contributed by atoms with Gasteiger partial charge in [0.05, 0.1) is 23.3 Å². The van der Waals surface area contributed by atoms with Crippen LogP contribution in [0.2, 0.25) is 0 Å². The van der Waals surface area contributed by atoms with E-state index in [-0.39, 0.29) is 23.6 Å². The third-order valence-corrected chi connectivity index (χ3v) is 4.88. The number of hydrogen-bond donors (Lipinski definition) is 1. The molecular weight excluding hydrogens is 466 g/mol. The van der Waals surface area contributed by atoms with Crippen LogP contribution in [0.1, 0.15) is 34.0 Å². The van der Waals surface area contributed by atoms with Crippen LogP contribution in [0.25, 0.3) is 0 Å². The largest absolute Gasteiger partial charge is 0.490 e. The highest BCUT2D eigenvalue weighted by atomic mass is 16.6. The highest BCUT2D eigenvalue weighted by molar-refractivity contribution is 5.92. The molecule has 0 aliphatic rings. The number of nitro groups is 1. The summed E-state index contributed by atoms with van der Waals surface area (Å²) in [5.41, 5.74) is 5.04. The maximum atomic E-state index is 12.5. The Bertz CT molecular complexity index is 1290. The van der Waals surface area contributed by atoms with Gasteiger partial charge in [0.15, 0.2) is 18.1 Å². The van der Waals surface area contributed by atoms with Crippen LogP contribution < -0.4 is 19.6 Å². The van der Waals surface area contributed by atoms with Gasteiger partial charge in [0.1, 0.15) is 5.75 Å². The SMILES string of the molecule is CCOc1cc(C=NNC(=O)COc2ccc(C)cc2C)ccc1OC(=O)c1ccc([N+](=O)[O-])cc1. The zero-order valence-electron chi connectivity index (χ0n) is 20.0. The Kier molecular flexibility index (Phi) is 8.71. The number of non-ortho nitro benzene ring substituents is 1. The molecule has 0 saturated carbocycles. The summed E-state index contributed by atoms with van der Waals surface area (Å²) in [6, 6.07) is 15.5. The first-order chi connectivity index (χ1) is 17.3. The molecule has 0 spiro atoms. The van der Waals surface area contributed by atoms with Crippen LogP contribution in [0.4, 0.5) is 5.69 Å². The second kappa shape index (κ2) is 12.1. The van der Waals surface area contributed by atoms with Crippen molar-refractivity contribution >= 4 is 23.8 Å². The van der Waals surface area contributed by atoms with Crippen molar-refractivity contribution in [2.45, 2.75) is 20.8 Å². The van der Waals surface area contributed by atoms with Gasteiger partial charge in [-0.3, -0.25) is 14.9 Å². The Hall–Kier alpha value is -4.73. The Morgan fingerprint density at radius 2 is 1.69 bits per heavy atom. The van der Waals surface area contributed by atoms with E-state index in [0.29, 0.717) is 23.7 Å². The number of nitrogens with one attached hydrogen (secondary N) is 1. The molecule has 3 aromatic rings. The number of benzene rings is 3. The van der Waals surface area contributed by atoms with Crippen molar-refractivity contribution in [3.05, 3.63) is 93.0 Å². The standard InChI is InChI=1S/C26H25N3O7/c1-4-34-24-14-19(15-27-28-25(30)16-35-22-11-5-17(2)13-18(22)3)6-12-23(24)36-26(31)20-7-9-21(10-8-20)29(32)33/h5-15H,4,16H2,1-3H3,(H,28,30). The quantitative estimate of drug-likeness (QED) is 0.147. The third-order valence-electron chi connectivity index (χ3n) is 4.88. The van der Waals surface area contributed by atoms with Crippen LogP contribution in [-0.4, -0.2) is 36.2 Å². The number of nitro benzene ring substituents is 1. The number of ether oxygens (including phenoxy) is 3. The van der Waals surface area contributed by atoms with Crippen LogP contribution >= 0.6 is 0 Å². The highest BCUT2D eigenvalue weighted by Gasteiger charge is 2.15. The second-order valence-corrected chi connectivity index (χ2v) is 7.68. The molecule has 3 rings (SSSR count). The molecule has 1 N–H and O–H groups in total. The zero-order chi connectivity index (χ0) is 26.1. The lowest BCUT2D eigenvalue weighted by molar-refractivity contribution is -0.384. The molecule has 3 aromatic carbocycles. The van der Waals surface area contributed by atoms with Crippen molar-refractivity contribution < 1.29 is 28.7 Å². The van der Waals surface area contributed by atoms with Gasteiger partial charge < -0.3 is 14.2 Å². The summed E-state index contributed by atoms with van der Waals surface area (Å²) in [6.45, 7) is 5.78. The maximum absolute atomic E-state index is 12.5. The van der Waals surface area contributed by atoms with Gasteiger partial charge in [0.25, 0.3) is 11.6 Å². The number of hydrazone groups is 1. The van der Waals surface area contributed by atoms with E-state index < -0.39 is 16.8 Å². The average molecular weight is 492 g/mol. The topological polar surface area (TPSA) is 129 Å². The summed E-state index contributed by atoms with van der Waals surface area (Å²) in [5.74, 6) is -0.0299. The number of amides is 1. The molecule has 0 aliphatic carbocycles. The summed E-state index contributed by atoms with van der Waals surface area (Å²) in [7, 11) is 0. The fraction of sp³-hybridized carbons (Fsp3) is 0.192. The molecule has 186 valence electrons. The molecule has 36 heavy (non-hydrogen) atoms. The molecule has 0 radical (unpaired) electrons. The summed E-state index contributed by atoms with van der Waals surface area (Å²) in [4.78, 5) is 34.7. The van der Waals surface area contributed by atoms with Crippen molar-refractivity contribution in [1.29, 1.82) is 0 Å². The van der Waals surface area contributed by atoms with Gasteiger partial charge in [0, 0.05) is 12.1 Å². The van der Waals surface area contributed by atoms with Crippen molar-refractivity contribution in [2.75, 3.05) is 13.2 Å². The number of hydrogen-bond acceptors (Lipinski definition) is 8. The first-order valence-electron chi connectivity index (χ1n) is 11.0. The van der Waals surface area contributed by atoms with Gasteiger partial charge in [0.2, 0.25) is 0 Å². The summed E-state index contributed by atoms with van der Waals surface area (Å²) < 4.78 is 16.5. The van der Waals surface area contributed by atoms with E-state index in [4.69, 9.17) is 14.2 Å². The van der Waals surface area contributed by atoms with Crippen LogP contribution in [0.5, 0.6) is 17.2 Å². The molecule has 0 fully saturated rings. The average Bonchev–Trinajstić information content (AvgIpc) is 2.85. The van der Waals surface area contributed by atoms with Crippen molar-refractivity contribution in [3.63, 3.8) is 0 Å². The predicted octanol–water partition coefficient (Wildman–Crippen LogP) is 4.36. The van der Waals surface area contributed by atoms with Crippen molar-refractivity contribution in [2.24, 2.45) is 5.10 Å². The van der Waals surface area contributed by atoms with Crippen LogP contribution in [0.3, 0.4) is 0 Å². The number of rotatable bonds is 10. The zero-order valence-corrected chi connectivity index (χ0v) is 20.0. The van der Waals surface area contributed by atoms with Gasteiger partial charge >= 0.3 is 5.97 Å². The molecule has 0 aliphatic heterocycles. The lowest BCUT2D eigenvalue weighted by Crippen LogP contribution is -2.24. The van der Waals surface area contributed by atoms with E-state index in [1.807, 2.05) is 32.0 Å². The van der Waals surface area contributed by atoms with Crippen LogP contribution in [0.15, 0.2) is 65.8 Å². The lowest BCUT2D eigenvalue weighted by Gasteiger charge is -2.11. The number of carbonyl (C=O) groups excluding carboxylic acids is 2. The summed E-state index contributed by atoms with van der Waals surface area (Å²) in [5, 5.41) is 14.7. The molecule has 0 heterocycles. The number of aryl methyl sites for hydroxylation is 2. The molecule has 0 saturated heterocycles. The molecule has 10 heteroatoms. The van der Waals surface area contributed by atoms with Crippen LogP contribution in [0, 0.1) is 24.0 Å². The fourth-order valence-corrected chi connectivity index (χ4v) is 3.15. The lowest BCUT2D eigenvalue weighted by atomic mass is 10.1. The second-order valence-electron chi connectivity index (χ2n) is 7.68. The molecular formula is C26H25N3O7. The molecule has 1 amide bonds. The molecule has 0 unspecified atom stereocenters. The van der Waals surface area contributed by atoms with Gasteiger partial charge in [-0.2, -0.15) is 5.10 Å². The predicted molar refractivity (Wildman–Crippen MR) is 133 cm³/mol. The Morgan fingerprint density at radius 1 is 0.972 bits per heavy atom. The first kappa shape index (κ1) is 25.9. The van der Waals surface area contributed by atoms with Crippen LogP contribution in [-0.2, 0) is 4.79 Å². The number of nitrogens with zero attached hydrogens (tertiary/aromatic N) is 2. The van der Waals surface area contributed by atoms with Crippen molar-refractivity contribution in [3.8, 4) is 17.2 Å². The minimum absolute atomic E-state index is 0.130. The Morgan fingerprint density at radius 3 is 2.36 bits per heavy atom. The van der Waals surface area contributed by atoms with E-state index >= 15 is 0 Å². The normalized spacial score (nSPS) is 10.6. The smallest absolute Gasteiger partial charge is 0.343 e. The minimum Gasteiger partial charge on any atom is -0.490 e. The summed E-state index contributed by atoms with van der Waals surface area (Å²) >= 11 is 0. The van der Waals surface area contributed by atoms with Crippen molar-refractivity contribution in [1.82, 2.24) is 5.43 Å². The monoisotopic (exact) mass is 491 g/mol. The Balaban J connectivity index is 1.60. The van der Waals surface area contributed by atoms with Gasteiger partial charge in [-0.1, -0.05) is 17.7 Å². The Labute approximate surface area is 207 Å². The highest BCUT2D eigenvalue weighted by Crippen LogP contribution is 2.29. The molecule has 0 bridgehead atoms. The fourth-order valence-electron chi connectivity index (χ4n) is 3.15. The van der Waals surface area contributed by atoms with Gasteiger partial charge in [-0.25, -0.2) is 10.2 Å². The first-order valence-corrected chi connectivity index (χ1v) is 11.0. The molecule has 0 atom stereocenters. The van der Waals surface area contributed by atoms with E-state index in [1.54, 1.807) is 19.1 Å². The maximum Gasteiger partial charge on any atom is 0.343 e. The number of carbonyl (C=O) groups is 2. The summed E-state index contributed by atoms with van der Waals surface area (Å²) in [6.07, 6.45) is 1.42. The van der Waals surface area contributed by atoms with E-state index in [0.717, 1.165) is 11.1 Å². The van der Waals surface area contributed by atoms with Gasteiger partial charge in [-0.05, 0) is 68.3 Å². The van der Waals surface area contributed by atoms with E-state index in [1.165, 1.54) is 36.5 Å². The third kappa shape index (κ3) is 7.13. The van der Waals surface area contributed by atoms with E-state index in [9.17, 15) is 19.7 Å². The molecule has 10 nitrogen and oxygen atoms in total.